The SMILES string of the molecule is CCCNCc1occc1COc1cc(F)cc(Br)c1. The average Bonchev–Trinajstić information content (AvgIpc) is 2.83. The van der Waals surface area contributed by atoms with Crippen LogP contribution in [0.2, 0.25) is 0 Å². The second-order valence-corrected chi connectivity index (χ2v) is 5.36. The third-order valence-corrected chi connectivity index (χ3v) is 3.24. The number of furan rings is 1. The summed E-state index contributed by atoms with van der Waals surface area (Å²) in [5.41, 5.74) is 0.967. The van der Waals surface area contributed by atoms with Crippen molar-refractivity contribution in [2.24, 2.45) is 0 Å². The van der Waals surface area contributed by atoms with E-state index in [4.69, 9.17) is 9.15 Å². The molecular formula is C15H17BrFNO2. The Labute approximate surface area is 126 Å². The second kappa shape index (κ2) is 7.45. The molecule has 0 aliphatic carbocycles. The van der Waals surface area contributed by atoms with Crippen molar-refractivity contribution >= 4 is 15.9 Å². The number of hydrogen-bond acceptors (Lipinski definition) is 3. The number of hydrogen-bond donors (Lipinski definition) is 1. The van der Waals surface area contributed by atoms with Crippen molar-refractivity contribution in [1.82, 2.24) is 5.32 Å². The van der Waals surface area contributed by atoms with Crippen LogP contribution in [0, 0.1) is 5.82 Å². The van der Waals surface area contributed by atoms with Gasteiger partial charge in [-0.25, -0.2) is 4.39 Å². The highest BCUT2D eigenvalue weighted by Gasteiger charge is 2.07. The van der Waals surface area contributed by atoms with Crippen LogP contribution in [0.15, 0.2) is 39.4 Å². The summed E-state index contributed by atoms with van der Waals surface area (Å²) in [6, 6.07) is 6.36. The van der Waals surface area contributed by atoms with Crippen molar-refractivity contribution in [3.8, 4) is 5.75 Å². The summed E-state index contributed by atoms with van der Waals surface area (Å²) >= 11 is 3.24. The van der Waals surface area contributed by atoms with Gasteiger partial charge in [-0.15, -0.1) is 0 Å². The molecule has 5 heteroatoms. The standard InChI is InChI=1S/C15H17BrFNO2/c1-2-4-18-9-15-11(3-5-19-15)10-20-14-7-12(16)6-13(17)8-14/h3,5-8,18H,2,4,9-10H2,1H3. The number of ether oxygens (including phenoxy) is 1. The molecule has 2 aromatic rings. The van der Waals surface area contributed by atoms with Gasteiger partial charge in [-0.3, -0.25) is 0 Å². The van der Waals surface area contributed by atoms with Gasteiger partial charge in [-0.05, 0) is 31.2 Å². The predicted octanol–water partition coefficient (Wildman–Crippen LogP) is 4.26. The van der Waals surface area contributed by atoms with Crippen LogP contribution in [-0.4, -0.2) is 6.54 Å². The number of halogens is 2. The van der Waals surface area contributed by atoms with Gasteiger partial charge < -0.3 is 14.5 Å². The Morgan fingerprint density at radius 1 is 1.35 bits per heavy atom. The number of rotatable bonds is 7. The minimum absolute atomic E-state index is 0.327. The molecule has 0 aliphatic heterocycles. The monoisotopic (exact) mass is 341 g/mol. The van der Waals surface area contributed by atoms with Gasteiger partial charge in [-0.1, -0.05) is 22.9 Å². The van der Waals surface area contributed by atoms with Gasteiger partial charge in [0.15, 0.2) is 0 Å². The molecule has 0 spiro atoms. The molecule has 1 heterocycles. The van der Waals surface area contributed by atoms with E-state index in [0.29, 0.717) is 23.4 Å². The normalized spacial score (nSPS) is 10.8. The highest BCUT2D eigenvalue weighted by Crippen LogP contribution is 2.22. The van der Waals surface area contributed by atoms with Gasteiger partial charge in [0.25, 0.3) is 0 Å². The molecule has 2 rings (SSSR count). The zero-order valence-electron chi connectivity index (χ0n) is 11.3. The molecule has 3 nitrogen and oxygen atoms in total. The molecular weight excluding hydrogens is 325 g/mol. The van der Waals surface area contributed by atoms with Gasteiger partial charge >= 0.3 is 0 Å². The summed E-state index contributed by atoms with van der Waals surface area (Å²) < 4.78 is 24.9. The van der Waals surface area contributed by atoms with E-state index in [-0.39, 0.29) is 5.82 Å². The van der Waals surface area contributed by atoms with Crippen LogP contribution < -0.4 is 10.1 Å². The molecule has 20 heavy (non-hydrogen) atoms. The average molecular weight is 342 g/mol. The fourth-order valence-electron chi connectivity index (χ4n) is 1.80. The zero-order chi connectivity index (χ0) is 14.4. The number of benzene rings is 1. The fraction of sp³-hybridized carbons (Fsp3) is 0.333. The molecule has 0 fully saturated rings. The van der Waals surface area contributed by atoms with E-state index in [1.54, 1.807) is 12.3 Å². The first-order valence-electron chi connectivity index (χ1n) is 6.54. The molecule has 0 bridgehead atoms. The van der Waals surface area contributed by atoms with Crippen molar-refractivity contribution in [2.75, 3.05) is 6.54 Å². The first-order valence-corrected chi connectivity index (χ1v) is 7.33. The Hall–Kier alpha value is -1.33. The summed E-state index contributed by atoms with van der Waals surface area (Å²) in [5, 5.41) is 3.28. The van der Waals surface area contributed by atoms with Crippen molar-refractivity contribution in [1.29, 1.82) is 0 Å². The first-order chi connectivity index (χ1) is 9.69. The smallest absolute Gasteiger partial charge is 0.128 e. The Balaban J connectivity index is 1.95. The highest BCUT2D eigenvalue weighted by molar-refractivity contribution is 9.10. The second-order valence-electron chi connectivity index (χ2n) is 4.44. The summed E-state index contributed by atoms with van der Waals surface area (Å²) in [4.78, 5) is 0. The van der Waals surface area contributed by atoms with E-state index < -0.39 is 0 Å². The van der Waals surface area contributed by atoms with Gasteiger partial charge in [0, 0.05) is 16.1 Å². The lowest BCUT2D eigenvalue weighted by molar-refractivity contribution is 0.299. The Bertz CT molecular complexity index is 536. The lowest BCUT2D eigenvalue weighted by Gasteiger charge is -2.08. The molecule has 0 radical (unpaired) electrons. The van der Waals surface area contributed by atoms with Gasteiger partial charge in [0.05, 0.1) is 12.8 Å². The topological polar surface area (TPSA) is 34.4 Å². The van der Waals surface area contributed by atoms with Crippen LogP contribution in [0.1, 0.15) is 24.7 Å². The van der Waals surface area contributed by atoms with Crippen LogP contribution >= 0.6 is 15.9 Å². The third kappa shape index (κ3) is 4.35. The van der Waals surface area contributed by atoms with Crippen LogP contribution in [0.3, 0.4) is 0 Å². The quantitative estimate of drug-likeness (QED) is 0.764. The largest absolute Gasteiger partial charge is 0.489 e. The maximum Gasteiger partial charge on any atom is 0.128 e. The molecule has 108 valence electrons. The molecule has 0 atom stereocenters. The minimum Gasteiger partial charge on any atom is -0.489 e. The summed E-state index contributed by atoms with van der Waals surface area (Å²) in [7, 11) is 0. The maximum absolute atomic E-state index is 13.2. The molecule has 0 amide bonds. The first kappa shape index (κ1) is 15.1. The van der Waals surface area contributed by atoms with Gasteiger partial charge in [-0.2, -0.15) is 0 Å². The van der Waals surface area contributed by atoms with E-state index in [2.05, 4.69) is 28.2 Å². The van der Waals surface area contributed by atoms with Gasteiger partial charge in [0.2, 0.25) is 0 Å². The Morgan fingerprint density at radius 3 is 2.95 bits per heavy atom. The lowest BCUT2D eigenvalue weighted by Crippen LogP contribution is -2.14. The molecule has 0 aliphatic rings. The summed E-state index contributed by atoms with van der Waals surface area (Å²) in [6.45, 7) is 4.08. The molecule has 0 saturated carbocycles. The van der Waals surface area contributed by atoms with E-state index >= 15 is 0 Å². The molecule has 0 unspecified atom stereocenters. The molecule has 0 saturated heterocycles. The van der Waals surface area contributed by atoms with E-state index in [1.165, 1.54) is 12.1 Å². The predicted molar refractivity (Wildman–Crippen MR) is 79.1 cm³/mol. The highest BCUT2D eigenvalue weighted by atomic mass is 79.9. The molecule has 1 aromatic carbocycles. The van der Waals surface area contributed by atoms with Crippen LogP contribution in [0.5, 0.6) is 5.75 Å². The van der Waals surface area contributed by atoms with E-state index in [0.717, 1.165) is 24.3 Å². The van der Waals surface area contributed by atoms with E-state index in [9.17, 15) is 4.39 Å². The lowest BCUT2D eigenvalue weighted by atomic mass is 10.2. The Kier molecular flexibility index (Phi) is 5.61. The zero-order valence-corrected chi connectivity index (χ0v) is 12.9. The van der Waals surface area contributed by atoms with Crippen LogP contribution in [0.25, 0.3) is 0 Å². The summed E-state index contributed by atoms with van der Waals surface area (Å²) in [5.74, 6) is 1.02. The Morgan fingerprint density at radius 2 is 2.20 bits per heavy atom. The minimum atomic E-state index is -0.327. The van der Waals surface area contributed by atoms with Crippen molar-refractivity contribution < 1.29 is 13.5 Å². The molecule has 1 N–H and O–H groups in total. The number of nitrogens with one attached hydrogen (secondary N) is 1. The molecule has 1 aromatic heterocycles. The van der Waals surface area contributed by atoms with Crippen LogP contribution in [-0.2, 0) is 13.2 Å². The van der Waals surface area contributed by atoms with Crippen molar-refractivity contribution in [3.05, 3.63) is 52.1 Å². The van der Waals surface area contributed by atoms with Gasteiger partial charge in [0.1, 0.15) is 23.9 Å². The van der Waals surface area contributed by atoms with Crippen molar-refractivity contribution in [2.45, 2.75) is 26.5 Å². The third-order valence-electron chi connectivity index (χ3n) is 2.78. The fourth-order valence-corrected chi connectivity index (χ4v) is 2.25. The van der Waals surface area contributed by atoms with E-state index in [1.807, 2.05) is 6.07 Å². The summed E-state index contributed by atoms with van der Waals surface area (Å²) in [6.07, 6.45) is 2.72. The van der Waals surface area contributed by atoms with Crippen LogP contribution in [0.4, 0.5) is 4.39 Å². The maximum atomic E-state index is 13.2. The van der Waals surface area contributed by atoms with Crippen molar-refractivity contribution in [3.63, 3.8) is 0 Å².